The molecule has 0 aliphatic rings. The molecule has 0 aliphatic carbocycles. The summed E-state index contributed by atoms with van der Waals surface area (Å²) in [6.45, 7) is 3.71. The first-order valence-corrected chi connectivity index (χ1v) is 9.73. The Morgan fingerprint density at radius 2 is 2.22 bits per heavy atom. The monoisotopic (exact) mass is 408 g/mol. The SMILES string of the molecule is CCOC(=O)c1sc(NC(=O)CCn2nc(-c3cccs3)oc2=O)nc1C. The van der Waals surface area contributed by atoms with Crippen LogP contribution in [-0.4, -0.2) is 33.2 Å². The predicted octanol–water partition coefficient (Wildman–Crippen LogP) is 2.54. The lowest BCUT2D eigenvalue weighted by Crippen LogP contribution is -2.20. The topological polar surface area (TPSA) is 116 Å². The fraction of sp³-hybridized carbons (Fsp3) is 0.312. The van der Waals surface area contributed by atoms with Crippen molar-refractivity contribution in [3.05, 3.63) is 38.6 Å². The first kappa shape index (κ1) is 19.0. The molecule has 0 atom stereocenters. The van der Waals surface area contributed by atoms with E-state index in [1.807, 2.05) is 11.4 Å². The Balaban J connectivity index is 1.60. The number of thiophene rings is 1. The standard InChI is InChI=1S/C16H16N4O5S2/c1-3-24-14(22)12-9(2)17-15(27-12)18-11(21)6-7-20-16(23)25-13(19-20)10-5-4-8-26-10/h4-5,8H,3,6-7H2,1-2H3,(H,17,18,21). The largest absolute Gasteiger partial charge is 0.462 e. The number of anilines is 1. The van der Waals surface area contributed by atoms with Gasteiger partial charge in [-0.3, -0.25) is 4.79 Å². The number of esters is 1. The van der Waals surface area contributed by atoms with E-state index in [1.165, 1.54) is 11.3 Å². The van der Waals surface area contributed by atoms with E-state index in [4.69, 9.17) is 9.15 Å². The second kappa shape index (κ2) is 8.27. The van der Waals surface area contributed by atoms with Crippen LogP contribution in [0.4, 0.5) is 5.13 Å². The second-order valence-corrected chi connectivity index (χ2v) is 7.27. The Hall–Kier alpha value is -2.79. The first-order valence-electron chi connectivity index (χ1n) is 8.04. The van der Waals surface area contributed by atoms with Gasteiger partial charge < -0.3 is 14.5 Å². The fourth-order valence-electron chi connectivity index (χ4n) is 2.17. The van der Waals surface area contributed by atoms with Crippen molar-refractivity contribution < 1.29 is 18.7 Å². The second-order valence-electron chi connectivity index (χ2n) is 5.33. The minimum Gasteiger partial charge on any atom is -0.462 e. The van der Waals surface area contributed by atoms with Gasteiger partial charge in [-0.15, -0.1) is 16.4 Å². The van der Waals surface area contributed by atoms with E-state index < -0.39 is 11.7 Å². The number of nitrogens with zero attached hydrogens (tertiary/aromatic N) is 3. The highest BCUT2D eigenvalue weighted by Gasteiger charge is 2.18. The van der Waals surface area contributed by atoms with E-state index >= 15 is 0 Å². The number of hydrogen-bond acceptors (Lipinski definition) is 9. The third-order valence-electron chi connectivity index (χ3n) is 3.39. The van der Waals surface area contributed by atoms with E-state index in [0.29, 0.717) is 15.7 Å². The summed E-state index contributed by atoms with van der Waals surface area (Å²) in [4.78, 5) is 41.0. The van der Waals surface area contributed by atoms with Gasteiger partial charge in [-0.25, -0.2) is 14.6 Å². The molecular formula is C16H16N4O5S2. The minimum absolute atomic E-state index is 0.00366. The predicted molar refractivity (Wildman–Crippen MR) is 100 cm³/mol. The molecule has 0 radical (unpaired) electrons. The summed E-state index contributed by atoms with van der Waals surface area (Å²) in [6.07, 6.45) is 0.00366. The number of amides is 1. The van der Waals surface area contributed by atoms with E-state index in [9.17, 15) is 14.4 Å². The van der Waals surface area contributed by atoms with Crippen molar-refractivity contribution in [2.45, 2.75) is 26.8 Å². The van der Waals surface area contributed by atoms with Gasteiger partial charge in [0.25, 0.3) is 5.89 Å². The average Bonchev–Trinajstić information content (AvgIpc) is 3.34. The molecule has 11 heteroatoms. The zero-order valence-corrected chi connectivity index (χ0v) is 16.2. The van der Waals surface area contributed by atoms with Crippen molar-refractivity contribution in [1.29, 1.82) is 0 Å². The molecule has 0 fully saturated rings. The Labute approximate surface area is 161 Å². The molecule has 3 aromatic heterocycles. The van der Waals surface area contributed by atoms with Gasteiger partial charge >= 0.3 is 11.7 Å². The summed E-state index contributed by atoms with van der Waals surface area (Å²) in [5, 5.41) is 8.85. The van der Waals surface area contributed by atoms with Crippen LogP contribution in [0.1, 0.15) is 28.7 Å². The summed E-state index contributed by atoms with van der Waals surface area (Å²) < 4.78 is 11.1. The highest BCUT2D eigenvalue weighted by atomic mass is 32.1. The van der Waals surface area contributed by atoms with Crippen LogP contribution in [0, 0.1) is 6.92 Å². The van der Waals surface area contributed by atoms with Crippen LogP contribution < -0.4 is 11.1 Å². The van der Waals surface area contributed by atoms with Crippen molar-refractivity contribution in [3.8, 4) is 10.8 Å². The molecule has 0 aromatic carbocycles. The number of carbonyl (C=O) groups is 2. The number of aromatic nitrogens is 3. The van der Waals surface area contributed by atoms with Crippen molar-refractivity contribution in [1.82, 2.24) is 14.8 Å². The smallest absolute Gasteiger partial charge is 0.437 e. The van der Waals surface area contributed by atoms with Crippen LogP contribution in [0.2, 0.25) is 0 Å². The fourth-order valence-corrected chi connectivity index (χ4v) is 3.69. The molecule has 27 heavy (non-hydrogen) atoms. The number of hydrogen-bond donors (Lipinski definition) is 1. The Morgan fingerprint density at radius 1 is 1.41 bits per heavy atom. The maximum Gasteiger partial charge on any atom is 0.437 e. The molecule has 3 heterocycles. The highest BCUT2D eigenvalue weighted by Crippen LogP contribution is 2.24. The van der Waals surface area contributed by atoms with Crippen LogP contribution in [0.15, 0.2) is 26.7 Å². The number of aryl methyl sites for hydroxylation is 2. The lowest BCUT2D eigenvalue weighted by molar-refractivity contribution is -0.116. The maximum absolute atomic E-state index is 12.1. The average molecular weight is 408 g/mol. The number of nitrogens with one attached hydrogen (secondary N) is 1. The van der Waals surface area contributed by atoms with Crippen LogP contribution in [0.5, 0.6) is 0 Å². The van der Waals surface area contributed by atoms with E-state index in [0.717, 1.165) is 20.9 Å². The molecule has 0 bridgehead atoms. The highest BCUT2D eigenvalue weighted by molar-refractivity contribution is 7.17. The van der Waals surface area contributed by atoms with Gasteiger partial charge in [0.2, 0.25) is 5.91 Å². The Kier molecular flexibility index (Phi) is 5.81. The molecule has 3 aromatic rings. The molecule has 0 saturated carbocycles. The molecular weight excluding hydrogens is 392 g/mol. The molecule has 9 nitrogen and oxygen atoms in total. The van der Waals surface area contributed by atoms with Crippen LogP contribution in [-0.2, 0) is 16.1 Å². The lowest BCUT2D eigenvalue weighted by atomic mass is 10.4. The molecule has 1 N–H and O–H groups in total. The molecule has 3 rings (SSSR count). The number of thiazole rings is 1. The van der Waals surface area contributed by atoms with E-state index in [2.05, 4.69) is 15.4 Å². The Bertz CT molecular complexity index is 1000. The van der Waals surface area contributed by atoms with E-state index in [1.54, 1.807) is 19.9 Å². The third-order valence-corrected chi connectivity index (χ3v) is 5.30. The Morgan fingerprint density at radius 3 is 2.93 bits per heavy atom. The zero-order chi connectivity index (χ0) is 19.4. The van der Waals surface area contributed by atoms with Crippen molar-refractivity contribution in [3.63, 3.8) is 0 Å². The molecule has 0 unspecified atom stereocenters. The summed E-state index contributed by atoms with van der Waals surface area (Å²) in [7, 11) is 0. The van der Waals surface area contributed by atoms with Gasteiger partial charge in [0.1, 0.15) is 4.88 Å². The summed E-state index contributed by atoms with van der Waals surface area (Å²) in [6, 6.07) is 3.62. The number of ether oxygens (including phenoxy) is 1. The van der Waals surface area contributed by atoms with Gasteiger partial charge in [-0.05, 0) is 25.3 Å². The van der Waals surface area contributed by atoms with Crippen LogP contribution in [0.3, 0.4) is 0 Å². The molecule has 0 aliphatic heterocycles. The summed E-state index contributed by atoms with van der Waals surface area (Å²) >= 11 is 2.45. The van der Waals surface area contributed by atoms with Crippen molar-refractivity contribution in [2.75, 3.05) is 11.9 Å². The van der Waals surface area contributed by atoms with Gasteiger partial charge in [-0.2, -0.15) is 4.68 Å². The molecule has 0 saturated heterocycles. The molecule has 142 valence electrons. The van der Waals surface area contributed by atoms with Gasteiger partial charge in [-0.1, -0.05) is 17.4 Å². The maximum atomic E-state index is 12.1. The molecule has 1 amide bonds. The summed E-state index contributed by atoms with van der Waals surface area (Å²) in [5.41, 5.74) is 0.488. The summed E-state index contributed by atoms with van der Waals surface area (Å²) in [5.74, 6) is -1.22. The lowest BCUT2D eigenvalue weighted by Gasteiger charge is -2.00. The van der Waals surface area contributed by atoms with E-state index in [-0.39, 0.29) is 31.4 Å². The third kappa shape index (κ3) is 4.49. The van der Waals surface area contributed by atoms with Gasteiger partial charge in [0.05, 0.1) is 23.7 Å². The van der Waals surface area contributed by atoms with Gasteiger partial charge in [0.15, 0.2) is 5.13 Å². The van der Waals surface area contributed by atoms with Crippen molar-refractivity contribution >= 4 is 39.7 Å². The van der Waals surface area contributed by atoms with Crippen LogP contribution in [0.25, 0.3) is 10.8 Å². The quantitative estimate of drug-likeness (QED) is 0.597. The minimum atomic E-state index is -0.624. The zero-order valence-electron chi connectivity index (χ0n) is 14.6. The number of carbonyl (C=O) groups excluding carboxylic acids is 2. The van der Waals surface area contributed by atoms with Crippen LogP contribution >= 0.6 is 22.7 Å². The first-order chi connectivity index (χ1) is 13.0. The van der Waals surface area contributed by atoms with Gasteiger partial charge in [0, 0.05) is 6.42 Å². The van der Waals surface area contributed by atoms with Crippen molar-refractivity contribution in [2.24, 2.45) is 0 Å². The number of rotatable bonds is 7. The normalized spacial score (nSPS) is 10.7. The molecule has 0 spiro atoms.